The number of benzene rings is 2. The number of hydrogen-bond acceptors (Lipinski definition) is 5. The molecule has 154 valence electrons. The lowest BCUT2D eigenvalue weighted by molar-refractivity contribution is -0.0782. The molecule has 2 aromatic carbocycles. The third-order valence-electron chi connectivity index (χ3n) is 5.04. The van der Waals surface area contributed by atoms with Gasteiger partial charge in [-0.25, -0.2) is 0 Å². The summed E-state index contributed by atoms with van der Waals surface area (Å²) in [7, 11) is 0. The molecule has 3 atom stereocenters. The predicted molar refractivity (Wildman–Crippen MR) is 115 cm³/mol. The summed E-state index contributed by atoms with van der Waals surface area (Å²) in [5.74, 6) is 1.37. The van der Waals surface area contributed by atoms with E-state index in [1.54, 1.807) is 0 Å². The van der Waals surface area contributed by atoms with Gasteiger partial charge in [-0.05, 0) is 39.3 Å². The standard InChI is InChI=1S/C17H28N2O3.C6H6/c1-5-8-19-15-11-9-12(18)14(21-7-3)10-13(11)22-17(4,6-2)16(15)20;1-2-4-6-5-3-1/h9-10,15-16,19-20H,5-8,18H2,1-4H3;1-6H. The second-order valence-electron chi connectivity index (χ2n) is 7.16. The van der Waals surface area contributed by atoms with Gasteiger partial charge in [-0.15, -0.1) is 0 Å². The molecule has 28 heavy (non-hydrogen) atoms. The molecule has 5 nitrogen and oxygen atoms in total. The van der Waals surface area contributed by atoms with Crippen molar-refractivity contribution in [2.45, 2.75) is 58.3 Å². The number of nitrogens with one attached hydrogen (secondary N) is 1. The molecule has 1 aliphatic heterocycles. The van der Waals surface area contributed by atoms with Gasteiger partial charge in [0.15, 0.2) is 0 Å². The number of aliphatic hydroxyl groups is 1. The summed E-state index contributed by atoms with van der Waals surface area (Å²) in [5.41, 5.74) is 6.92. The van der Waals surface area contributed by atoms with Crippen molar-refractivity contribution >= 4 is 5.69 Å². The van der Waals surface area contributed by atoms with Crippen molar-refractivity contribution in [3.8, 4) is 11.5 Å². The van der Waals surface area contributed by atoms with Crippen LogP contribution < -0.4 is 20.5 Å². The average Bonchev–Trinajstić information content (AvgIpc) is 2.72. The number of anilines is 1. The summed E-state index contributed by atoms with van der Waals surface area (Å²) < 4.78 is 11.7. The Balaban J connectivity index is 0.000000397. The van der Waals surface area contributed by atoms with Gasteiger partial charge in [-0.3, -0.25) is 0 Å². The van der Waals surface area contributed by atoms with E-state index in [-0.39, 0.29) is 6.04 Å². The van der Waals surface area contributed by atoms with Gasteiger partial charge >= 0.3 is 0 Å². The fourth-order valence-corrected chi connectivity index (χ4v) is 3.23. The second kappa shape index (κ2) is 10.3. The number of hydrogen-bond donors (Lipinski definition) is 3. The third-order valence-corrected chi connectivity index (χ3v) is 5.04. The van der Waals surface area contributed by atoms with Crippen LogP contribution in [-0.4, -0.2) is 30.0 Å². The Labute approximate surface area is 168 Å². The van der Waals surface area contributed by atoms with Crippen molar-refractivity contribution in [3.63, 3.8) is 0 Å². The maximum absolute atomic E-state index is 10.8. The Morgan fingerprint density at radius 1 is 1.11 bits per heavy atom. The molecule has 3 unspecified atom stereocenters. The Hall–Kier alpha value is -2.24. The number of fused-ring (bicyclic) bond motifs is 1. The first-order valence-electron chi connectivity index (χ1n) is 10.1. The van der Waals surface area contributed by atoms with Gasteiger partial charge in [0.25, 0.3) is 0 Å². The van der Waals surface area contributed by atoms with Gasteiger partial charge in [0, 0.05) is 11.6 Å². The highest BCUT2D eigenvalue weighted by atomic mass is 16.5. The molecule has 3 rings (SSSR count). The van der Waals surface area contributed by atoms with E-state index in [1.807, 2.05) is 69.3 Å². The highest BCUT2D eigenvalue weighted by Gasteiger charge is 2.45. The molecule has 5 heteroatoms. The van der Waals surface area contributed by atoms with Gasteiger partial charge in [-0.1, -0.05) is 50.2 Å². The smallest absolute Gasteiger partial charge is 0.145 e. The molecule has 1 aliphatic rings. The van der Waals surface area contributed by atoms with E-state index in [4.69, 9.17) is 15.2 Å². The molecule has 0 aromatic heterocycles. The Morgan fingerprint density at radius 2 is 1.71 bits per heavy atom. The fraction of sp³-hybridized carbons (Fsp3) is 0.478. The topological polar surface area (TPSA) is 76.7 Å². The van der Waals surface area contributed by atoms with E-state index in [1.165, 1.54) is 0 Å². The van der Waals surface area contributed by atoms with Crippen molar-refractivity contribution in [1.82, 2.24) is 5.32 Å². The normalized spacial score (nSPS) is 23.0. The van der Waals surface area contributed by atoms with Gasteiger partial charge in [0.2, 0.25) is 0 Å². The van der Waals surface area contributed by atoms with Crippen LogP contribution in [0.4, 0.5) is 5.69 Å². The van der Waals surface area contributed by atoms with Crippen LogP contribution in [0.25, 0.3) is 0 Å². The molecule has 0 amide bonds. The predicted octanol–water partition coefficient (Wildman–Crippen LogP) is 4.32. The van der Waals surface area contributed by atoms with Gasteiger partial charge in [0.05, 0.1) is 18.3 Å². The first kappa shape index (κ1) is 22.1. The molecule has 0 fully saturated rings. The SMILES string of the molecule is CCCNC1c2cc(N)c(OCC)cc2OC(C)(CC)C1O.c1ccccc1. The van der Waals surface area contributed by atoms with Gasteiger partial charge in [-0.2, -0.15) is 0 Å². The minimum atomic E-state index is -0.631. The average molecular weight is 387 g/mol. The van der Waals surface area contributed by atoms with Crippen LogP contribution in [0.1, 0.15) is 52.1 Å². The molecular weight excluding hydrogens is 352 g/mol. The van der Waals surface area contributed by atoms with Crippen molar-refractivity contribution in [1.29, 1.82) is 0 Å². The number of ether oxygens (including phenoxy) is 2. The zero-order valence-corrected chi connectivity index (χ0v) is 17.4. The quantitative estimate of drug-likeness (QED) is 0.645. The fourth-order valence-electron chi connectivity index (χ4n) is 3.23. The molecule has 0 saturated heterocycles. The highest BCUT2D eigenvalue weighted by Crippen LogP contribution is 2.44. The van der Waals surface area contributed by atoms with Crippen molar-refractivity contribution in [3.05, 3.63) is 54.1 Å². The number of nitrogen functional groups attached to an aromatic ring is 1. The number of nitrogens with two attached hydrogens (primary N) is 1. The molecule has 0 radical (unpaired) electrons. The maximum Gasteiger partial charge on any atom is 0.145 e. The third kappa shape index (κ3) is 5.18. The van der Waals surface area contributed by atoms with E-state index < -0.39 is 11.7 Å². The summed E-state index contributed by atoms with van der Waals surface area (Å²) in [4.78, 5) is 0. The summed E-state index contributed by atoms with van der Waals surface area (Å²) in [6.45, 7) is 9.36. The first-order chi connectivity index (χ1) is 13.5. The van der Waals surface area contributed by atoms with Crippen molar-refractivity contribution in [2.24, 2.45) is 0 Å². The zero-order chi connectivity index (χ0) is 20.6. The van der Waals surface area contributed by atoms with Crippen LogP contribution >= 0.6 is 0 Å². The van der Waals surface area contributed by atoms with E-state index in [0.717, 1.165) is 24.3 Å². The Bertz CT molecular complexity index is 697. The van der Waals surface area contributed by atoms with E-state index in [0.29, 0.717) is 24.5 Å². The van der Waals surface area contributed by atoms with Crippen LogP contribution in [0.15, 0.2) is 48.5 Å². The van der Waals surface area contributed by atoms with Crippen LogP contribution in [0.5, 0.6) is 11.5 Å². The molecule has 0 spiro atoms. The van der Waals surface area contributed by atoms with Crippen LogP contribution in [0.2, 0.25) is 0 Å². The summed E-state index contributed by atoms with van der Waals surface area (Å²) >= 11 is 0. The maximum atomic E-state index is 10.8. The number of rotatable bonds is 6. The molecule has 4 N–H and O–H groups in total. The van der Waals surface area contributed by atoms with E-state index in [9.17, 15) is 5.11 Å². The largest absolute Gasteiger partial charge is 0.492 e. The molecule has 1 heterocycles. The lowest BCUT2D eigenvalue weighted by Gasteiger charge is -2.44. The summed E-state index contributed by atoms with van der Waals surface area (Å²) in [5, 5.41) is 14.2. The number of aliphatic hydroxyl groups excluding tert-OH is 1. The molecule has 0 saturated carbocycles. The minimum absolute atomic E-state index is 0.188. The van der Waals surface area contributed by atoms with Crippen molar-refractivity contribution < 1.29 is 14.6 Å². The molecule has 0 aliphatic carbocycles. The molecule has 0 bridgehead atoms. The van der Waals surface area contributed by atoms with E-state index >= 15 is 0 Å². The van der Waals surface area contributed by atoms with Gasteiger partial charge < -0.3 is 25.6 Å². The summed E-state index contributed by atoms with van der Waals surface area (Å²) in [6.07, 6.45) is 1.08. The van der Waals surface area contributed by atoms with Crippen LogP contribution in [0, 0.1) is 0 Å². The van der Waals surface area contributed by atoms with Crippen LogP contribution in [-0.2, 0) is 0 Å². The Morgan fingerprint density at radius 3 is 2.21 bits per heavy atom. The lowest BCUT2D eigenvalue weighted by atomic mass is 9.83. The first-order valence-corrected chi connectivity index (χ1v) is 10.1. The zero-order valence-electron chi connectivity index (χ0n) is 17.4. The summed E-state index contributed by atoms with van der Waals surface area (Å²) in [6, 6.07) is 15.5. The highest BCUT2D eigenvalue weighted by molar-refractivity contribution is 5.61. The van der Waals surface area contributed by atoms with Crippen LogP contribution in [0.3, 0.4) is 0 Å². The minimum Gasteiger partial charge on any atom is -0.492 e. The lowest BCUT2D eigenvalue weighted by Crippen LogP contribution is -2.54. The Kier molecular flexibility index (Phi) is 8.15. The second-order valence-corrected chi connectivity index (χ2v) is 7.16. The van der Waals surface area contributed by atoms with E-state index in [2.05, 4.69) is 12.2 Å². The van der Waals surface area contributed by atoms with Gasteiger partial charge in [0.1, 0.15) is 23.2 Å². The monoisotopic (exact) mass is 386 g/mol. The van der Waals surface area contributed by atoms with Crippen molar-refractivity contribution in [2.75, 3.05) is 18.9 Å². The molecular formula is C23H34N2O3. The molecule has 2 aromatic rings.